The molecular weight excluding hydrogens is 268 g/mol. The number of para-hydroxylation sites is 1. The molecule has 110 valence electrons. The fourth-order valence-electron chi connectivity index (χ4n) is 2.47. The molecule has 1 aliphatic heterocycles. The molecule has 5 heteroatoms. The SMILES string of the molecule is CCc1ccccc1N1C[C@@H](C(=O)O[C@H](C)C#N)CC1=O. The summed E-state index contributed by atoms with van der Waals surface area (Å²) in [7, 11) is 0. The van der Waals surface area contributed by atoms with E-state index in [0.29, 0.717) is 6.54 Å². The van der Waals surface area contributed by atoms with Crippen molar-refractivity contribution in [2.75, 3.05) is 11.4 Å². The van der Waals surface area contributed by atoms with E-state index in [4.69, 9.17) is 10.00 Å². The summed E-state index contributed by atoms with van der Waals surface area (Å²) < 4.78 is 4.99. The van der Waals surface area contributed by atoms with Gasteiger partial charge in [-0.15, -0.1) is 0 Å². The van der Waals surface area contributed by atoms with E-state index in [2.05, 4.69) is 0 Å². The van der Waals surface area contributed by atoms with Crippen LogP contribution < -0.4 is 4.90 Å². The fourth-order valence-corrected chi connectivity index (χ4v) is 2.47. The number of carbonyl (C=O) groups is 2. The van der Waals surface area contributed by atoms with Gasteiger partial charge in [0.15, 0.2) is 6.10 Å². The average molecular weight is 286 g/mol. The Kier molecular flexibility index (Phi) is 4.59. The maximum Gasteiger partial charge on any atom is 0.312 e. The van der Waals surface area contributed by atoms with Crippen molar-refractivity contribution in [2.45, 2.75) is 32.8 Å². The molecule has 1 aromatic carbocycles. The maximum atomic E-state index is 12.2. The third kappa shape index (κ3) is 3.22. The Morgan fingerprint density at radius 2 is 2.24 bits per heavy atom. The Balaban J connectivity index is 2.13. The number of rotatable bonds is 4. The molecule has 0 unspecified atom stereocenters. The molecule has 1 fully saturated rings. The molecule has 2 rings (SSSR count). The highest BCUT2D eigenvalue weighted by Gasteiger charge is 2.37. The van der Waals surface area contributed by atoms with E-state index in [-0.39, 0.29) is 12.3 Å². The van der Waals surface area contributed by atoms with Crippen LogP contribution in [-0.4, -0.2) is 24.5 Å². The van der Waals surface area contributed by atoms with E-state index >= 15 is 0 Å². The van der Waals surface area contributed by atoms with E-state index in [1.165, 1.54) is 6.92 Å². The Morgan fingerprint density at radius 3 is 2.90 bits per heavy atom. The number of benzene rings is 1. The first-order valence-corrected chi connectivity index (χ1v) is 7.05. The van der Waals surface area contributed by atoms with E-state index in [9.17, 15) is 9.59 Å². The molecular formula is C16H18N2O3. The zero-order chi connectivity index (χ0) is 15.4. The second kappa shape index (κ2) is 6.40. The van der Waals surface area contributed by atoms with Crippen molar-refractivity contribution in [3.8, 4) is 6.07 Å². The topological polar surface area (TPSA) is 70.4 Å². The molecule has 1 heterocycles. The Hall–Kier alpha value is -2.35. The number of esters is 1. The van der Waals surface area contributed by atoms with Gasteiger partial charge in [-0.2, -0.15) is 5.26 Å². The molecule has 1 saturated heterocycles. The van der Waals surface area contributed by atoms with Gasteiger partial charge in [-0.1, -0.05) is 25.1 Å². The number of hydrogen-bond acceptors (Lipinski definition) is 4. The quantitative estimate of drug-likeness (QED) is 0.794. The van der Waals surface area contributed by atoms with Crippen LogP contribution in [0.2, 0.25) is 0 Å². The first kappa shape index (κ1) is 15.0. The van der Waals surface area contributed by atoms with Gasteiger partial charge < -0.3 is 9.64 Å². The zero-order valence-electron chi connectivity index (χ0n) is 12.2. The molecule has 0 spiro atoms. The van der Waals surface area contributed by atoms with Crippen molar-refractivity contribution >= 4 is 17.6 Å². The summed E-state index contributed by atoms with van der Waals surface area (Å²) in [5.41, 5.74) is 1.93. The molecule has 0 saturated carbocycles. The van der Waals surface area contributed by atoms with Gasteiger partial charge in [0.2, 0.25) is 5.91 Å². The van der Waals surface area contributed by atoms with E-state index < -0.39 is 18.0 Å². The molecule has 1 aromatic rings. The summed E-state index contributed by atoms with van der Waals surface area (Å²) in [6.07, 6.45) is 0.167. The number of ether oxygens (including phenoxy) is 1. The van der Waals surface area contributed by atoms with E-state index in [0.717, 1.165) is 17.7 Å². The van der Waals surface area contributed by atoms with Gasteiger partial charge in [-0.3, -0.25) is 9.59 Å². The molecule has 2 atom stereocenters. The zero-order valence-corrected chi connectivity index (χ0v) is 12.2. The van der Waals surface area contributed by atoms with Gasteiger partial charge in [-0.25, -0.2) is 0 Å². The van der Waals surface area contributed by atoms with Gasteiger partial charge >= 0.3 is 5.97 Å². The maximum absolute atomic E-state index is 12.2. The Morgan fingerprint density at radius 1 is 1.52 bits per heavy atom. The van der Waals surface area contributed by atoms with Crippen LogP contribution in [0, 0.1) is 17.2 Å². The molecule has 0 radical (unpaired) electrons. The molecule has 5 nitrogen and oxygen atoms in total. The van der Waals surface area contributed by atoms with Crippen LogP contribution >= 0.6 is 0 Å². The third-order valence-electron chi connectivity index (χ3n) is 3.60. The summed E-state index contributed by atoms with van der Waals surface area (Å²) in [6.45, 7) is 3.85. The van der Waals surface area contributed by atoms with Crippen molar-refractivity contribution in [2.24, 2.45) is 5.92 Å². The normalized spacial score (nSPS) is 19.2. The number of anilines is 1. The first-order chi connectivity index (χ1) is 10.1. The standard InChI is InChI=1S/C16H18N2O3/c1-3-12-6-4-5-7-14(12)18-10-13(8-15(18)19)16(20)21-11(2)9-17/h4-7,11,13H,3,8,10H2,1-2H3/t11-,13+/m1/s1. The highest BCUT2D eigenvalue weighted by atomic mass is 16.5. The summed E-state index contributed by atoms with van der Waals surface area (Å²) in [6, 6.07) is 9.53. The van der Waals surface area contributed by atoms with Gasteiger partial charge in [0.05, 0.1) is 5.92 Å². The number of carbonyl (C=O) groups excluding carboxylic acids is 2. The first-order valence-electron chi connectivity index (χ1n) is 7.05. The predicted octanol–water partition coefficient (Wildman–Crippen LogP) is 2.06. The molecule has 0 bridgehead atoms. The van der Waals surface area contributed by atoms with Crippen LogP contribution in [0.5, 0.6) is 0 Å². The monoisotopic (exact) mass is 286 g/mol. The minimum absolute atomic E-state index is 0.0811. The second-order valence-corrected chi connectivity index (χ2v) is 5.10. The summed E-state index contributed by atoms with van der Waals surface area (Å²) in [5, 5.41) is 8.67. The minimum Gasteiger partial charge on any atom is -0.447 e. The Bertz CT molecular complexity index is 591. The number of nitrogens with zero attached hydrogens (tertiary/aromatic N) is 2. The van der Waals surface area contributed by atoms with E-state index in [1.54, 1.807) is 4.90 Å². The average Bonchev–Trinajstić information content (AvgIpc) is 2.89. The van der Waals surface area contributed by atoms with Gasteiger partial charge in [-0.05, 0) is 25.0 Å². The lowest BCUT2D eigenvalue weighted by molar-refractivity contribution is -0.150. The van der Waals surface area contributed by atoms with Crippen molar-refractivity contribution in [1.82, 2.24) is 0 Å². The van der Waals surface area contributed by atoms with Crippen LogP contribution in [0.15, 0.2) is 24.3 Å². The number of amides is 1. The molecule has 1 amide bonds. The molecule has 0 aromatic heterocycles. The van der Waals surface area contributed by atoms with E-state index in [1.807, 2.05) is 37.3 Å². The van der Waals surface area contributed by atoms with Gasteiger partial charge in [0, 0.05) is 18.7 Å². The summed E-state index contributed by atoms with van der Waals surface area (Å²) in [5.74, 6) is -1.06. The van der Waals surface area contributed by atoms with Crippen LogP contribution in [0.25, 0.3) is 0 Å². The van der Waals surface area contributed by atoms with Crippen molar-refractivity contribution in [1.29, 1.82) is 5.26 Å². The van der Waals surface area contributed by atoms with Gasteiger partial charge in [0.1, 0.15) is 6.07 Å². The molecule has 1 aliphatic rings. The van der Waals surface area contributed by atoms with Crippen molar-refractivity contribution in [3.05, 3.63) is 29.8 Å². The number of nitriles is 1. The number of hydrogen-bond donors (Lipinski definition) is 0. The van der Waals surface area contributed by atoms with Crippen LogP contribution in [0.4, 0.5) is 5.69 Å². The molecule has 21 heavy (non-hydrogen) atoms. The minimum atomic E-state index is -0.787. The van der Waals surface area contributed by atoms with Crippen LogP contribution in [0.1, 0.15) is 25.8 Å². The van der Waals surface area contributed by atoms with Crippen molar-refractivity contribution < 1.29 is 14.3 Å². The summed E-state index contributed by atoms with van der Waals surface area (Å²) >= 11 is 0. The second-order valence-electron chi connectivity index (χ2n) is 5.10. The Labute approximate surface area is 124 Å². The predicted molar refractivity (Wildman–Crippen MR) is 77.4 cm³/mol. The summed E-state index contributed by atoms with van der Waals surface area (Å²) in [4.78, 5) is 25.7. The molecule has 0 N–H and O–H groups in total. The van der Waals surface area contributed by atoms with Gasteiger partial charge in [0.25, 0.3) is 0 Å². The van der Waals surface area contributed by atoms with Crippen LogP contribution in [0.3, 0.4) is 0 Å². The fraction of sp³-hybridized carbons (Fsp3) is 0.438. The lowest BCUT2D eigenvalue weighted by atomic mass is 10.1. The number of aryl methyl sites for hydroxylation is 1. The highest BCUT2D eigenvalue weighted by molar-refractivity contribution is 6.00. The largest absolute Gasteiger partial charge is 0.447 e. The lowest BCUT2D eigenvalue weighted by Crippen LogP contribution is -2.28. The lowest BCUT2D eigenvalue weighted by Gasteiger charge is -2.19. The smallest absolute Gasteiger partial charge is 0.312 e. The highest BCUT2D eigenvalue weighted by Crippen LogP contribution is 2.29. The van der Waals surface area contributed by atoms with Crippen molar-refractivity contribution in [3.63, 3.8) is 0 Å². The van der Waals surface area contributed by atoms with Crippen LogP contribution in [-0.2, 0) is 20.7 Å². The third-order valence-corrected chi connectivity index (χ3v) is 3.60. The molecule has 0 aliphatic carbocycles.